The van der Waals surface area contributed by atoms with Gasteiger partial charge < -0.3 is 0 Å². The SMILES string of the molecule is C/C(=N\NC(=O)c1ccc(NS(=O)(=O)c2ccc(Br)cc2)cc1)c1ccc(C)c([N+](=O)[O-])c1. The summed E-state index contributed by atoms with van der Waals surface area (Å²) in [5.41, 5.74) is 4.34. The number of anilines is 1. The van der Waals surface area contributed by atoms with Gasteiger partial charge in [-0.2, -0.15) is 5.10 Å². The van der Waals surface area contributed by atoms with Crippen molar-refractivity contribution in [2.75, 3.05) is 4.72 Å². The number of amides is 1. The van der Waals surface area contributed by atoms with Crippen LogP contribution in [0.1, 0.15) is 28.4 Å². The van der Waals surface area contributed by atoms with Crippen LogP contribution in [0, 0.1) is 17.0 Å². The van der Waals surface area contributed by atoms with Crippen LogP contribution in [0.3, 0.4) is 0 Å². The number of hydrogen-bond acceptors (Lipinski definition) is 6. The summed E-state index contributed by atoms with van der Waals surface area (Å²) in [5.74, 6) is -0.515. The summed E-state index contributed by atoms with van der Waals surface area (Å²) in [6.07, 6.45) is 0. The Morgan fingerprint density at radius 1 is 1.00 bits per heavy atom. The van der Waals surface area contributed by atoms with Crippen molar-refractivity contribution >= 4 is 48.9 Å². The topological polar surface area (TPSA) is 131 Å². The second kappa shape index (κ2) is 9.92. The summed E-state index contributed by atoms with van der Waals surface area (Å²) in [5, 5.41) is 15.1. The summed E-state index contributed by atoms with van der Waals surface area (Å²) in [7, 11) is -3.77. The highest BCUT2D eigenvalue weighted by Gasteiger charge is 2.15. The van der Waals surface area contributed by atoms with Crippen LogP contribution in [0.4, 0.5) is 11.4 Å². The van der Waals surface area contributed by atoms with E-state index in [0.717, 1.165) is 4.47 Å². The summed E-state index contributed by atoms with van der Waals surface area (Å²) in [6, 6.07) is 16.7. The van der Waals surface area contributed by atoms with E-state index in [4.69, 9.17) is 0 Å². The molecule has 170 valence electrons. The lowest BCUT2D eigenvalue weighted by Crippen LogP contribution is -2.19. The number of hydrazone groups is 1. The molecule has 3 aromatic rings. The lowest BCUT2D eigenvalue weighted by atomic mass is 10.1. The van der Waals surface area contributed by atoms with Crippen LogP contribution < -0.4 is 10.1 Å². The number of hydrogen-bond donors (Lipinski definition) is 2. The van der Waals surface area contributed by atoms with E-state index in [1.54, 1.807) is 38.1 Å². The van der Waals surface area contributed by atoms with Gasteiger partial charge >= 0.3 is 0 Å². The van der Waals surface area contributed by atoms with Gasteiger partial charge in [0.1, 0.15) is 0 Å². The first-order chi connectivity index (χ1) is 15.6. The molecule has 0 saturated heterocycles. The van der Waals surface area contributed by atoms with Crippen molar-refractivity contribution in [3.05, 3.63) is 98.0 Å². The maximum Gasteiger partial charge on any atom is 0.272 e. The number of nitrogens with one attached hydrogen (secondary N) is 2. The molecule has 0 aromatic heterocycles. The standard InChI is InChI=1S/C22H19BrN4O5S/c1-14-3-4-17(13-21(14)27(29)30)15(2)24-25-22(28)16-5-9-19(10-6-16)26-33(31,32)20-11-7-18(23)8-12-20/h3-13,26H,1-2H3,(H,25,28)/b24-15+. The van der Waals surface area contributed by atoms with Gasteiger partial charge in [0.05, 0.1) is 15.5 Å². The number of nitro groups is 1. The average molecular weight is 531 g/mol. The van der Waals surface area contributed by atoms with Crippen LogP contribution >= 0.6 is 15.9 Å². The first kappa shape index (κ1) is 24.1. The van der Waals surface area contributed by atoms with Crippen molar-refractivity contribution in [2.24, 2.45) is 5.10 Å². The molecule has 3 aromatic carbocycles. The largest absolute Gasteiger partial charge is 0.280 e. The molecule has 0 bridgehead atoms. The highest BCUT2D eigenvalue weighted by atomic mass is 79.9. The molecular formula is C22H19BrN4O5S. The van der Waals surface area contributed by atoms with Gasteiger partial charge in [-0.15, -0.1) is 0 Å². The van der Waals surface area contributed by atoms with Crippen LogP contribution in [0.5, 0.6) is 0 Å². The number of halogens is 1. The predicted molar refractivity (Wildman–Crippen MR) is 129 cm³/mol. The number of carbonyl (C=O) groups excluding carboxylic acids is 1. The normalized spacial score (nSPS) is 11.7. The van der Waals surface area contributed by atoms with E-state index in [0.29, 0.717) is 22.5 Å². The molecule has 11 heteroatoms. The highest BCUT2D eigenvalue weighted by molar-refractivity contribution is 9.10. The number of carbonyl (C=O) groups is 1. The van der Waals surface area contributed by atoms with Crippen LogP contribution in [0.2, 0.25) is 0 Å². The van der Waals surface area contributed by atoms with Crippen molar-refractivity contribution in [1.82, 2.24) is 5.43 Å². The van der Waals surface area contributed by atoms with E-state index in [1.807, 2.05) is 0 Å². The van der Waals surface area contributed by atoms with Gasteiger partial charge in [-0.3, -0.25) is 19.6 Å². The smallest absolute Gasteiger partial charge is 0.272 e. The first-order valence-electron chi connectivity index (χ1n) is 9.55. The lowest BCUT2D eigenvalue weighted by molar-refractivity contribution is -0.385. The number of benzene rings is 3. The van der Waals surface area contributed by atoms with Gasteiger partial charge in [0.25, 0.3) is 21.6 Å². The summed E-state index contributed by atoms with van der Waals surface area (Å²) in [4.78, 5) is 23.1. The third-order valence-electron chi connectivity index (χ3n) is 4.67. The molecule has 2 N–H and O–H groups in total. The molecule has 0 unspecified atom stereocenters. The molecule has 3 rings (SSSR count). The van der Waals surface area contributed by atoms with Crippen LogP contribution in [-0.4, -0.2) is 25.0 Å². The first-order valence-corrected chi connectivity index (χ1v) is 11.8. The van der Waals surface area contributed by atoms with Gasteiger partial charge in [-0.05, 0) is 62.4 Å². The van der Waals surface area contributed by atoms with E-state index >= 15 is 0 Å². The molecule has 0 fully saturated rings. The molecule has 9 nitrogen and oxygen atoms in total. The highest BCUT2D eigenvalue weighted by Crippen LogP contribution is 2.20. The third kappa shape index (κ3) is 6.02. The molecule has 1 amide bonds. The van der Waals surface area contributed by atoms with Crippen LogP contribution in [0.25, 0.3) is 0 Å². The minimum Gasteiger partial charge on any atom is -0.280 e. The molecule has 0 aliphatic carbocycles. The van der Waals surface area contributed by atoms with E-state index in [-0.39, 0.29) is 16.1 Å². The van der Waals surface area contributed by atoms with Crippen molar-refractivity contribution in [3.8, 4) is 0 Å². The van der Waals surface area contributed by atoms with Crippen LogP contribution in [0.15, 0.2) is 81.2 Å². The van der Waals surface area contributed by atoms with E-state index in [9.17, 15) is 23.3 Å². The fourth-order valence-corrected chi connectivity index (χ4v) is 4.14. The second-order valence-electron chi connectivity index (χ2n) is 7.03. The molecular weight excluding hydrogens is 512 g/mol. The second-order valence-corrected chi connectivity index (χ2v) is 9.63. The Morgan fingerprint density at radius 2 is 1.61 bits per heavy atom. The van der Waals surface area contributed by atoms with Crippen molar-refractivity contribution < 1.29 is 18.1 Å². The van der Waals surface area contributed by atoms with E-state index in [2.05, 4.69) is 31.2 Å². The molecule has 0 radical (unpaired) electrons. The van der Waals surface area contributed by atoms with Gasteiger partial charge in [0, 0.05) is 32.9 Å². The fourth-order valence-electron chi connectivity index (χ4n) is 2.81. The molecule has 0 aliphatic heterocycles. The zero-order valence-electron chi connectivity index (χ0n) is 17.6. The molecule has 0 aliphatic rings. The summed E-state index contributed by atoms with van der Waals surface area (Å²) in [6.45, 7) is 3.26. The molecule has 33 heavy (non-hydrogen) atoms. The molecule has 0 atom stereocenters. The molecule has 0 saturated carbocycles. The Labute approximate surface area is 198 Å². The Hall–Kier alpha value is -3.57. The third-order valence-corrected chi connectivity index (χ3v) is 6.60. The summed E-state index contributed by atoms with van der Waals surface area (Å²) >= 11 is 3.26. The van der Waals surface area contributed by atoms with Crippen molar-refractivity contribution in [2.45, 2.75) is 18.7 Å². The quantitative estimate of drug-likeness (QED) is 0.261. The number of nitro benzene ring substituents is 1. The molecule has 0 spiro atoms. The summed E-state index contributed by atoms with van der Waals surface area (Å²) < 4.78 is 28.1. The predicted octanol–water partition coefficient (Wildman–Crippen LogP) is 4.62. The van der Waals surface area contributed by atoms with Gasteiger partial charge in [0.2, 0.25) is 0 Å². The zero-order valence-corrected chi connectivity index (χ0v) is 20.0. The van der Waals surface area contributed by atoms with Gasteiger partial charge in [0.15, 0.2) is 0 Å². The zero-order chi connectivity index (χ0) is 24.2. The maximum atomic E-state index is 12.5. The number of rotatable bonds is 7. The van der Waals surface area contributed by atoms with Gasteiger partial charge in [-0.1, -0.05) is 28.1 Å². The minimum atomic E-state index is -3.77. The Balaban J connectivity index is 1.68. The molecule has 0 heterocycles. The average Bonchev–Trinajstić information content (AvgIpc) is 2.78. The Morgan fingerprint density at radius 3 is 2.21 bits per heavy atom. The van der Waals surface area contributed by atoms with Crippen molar-refractivity contribution in [3.63, 3.8) is 0 Å². The van der Waals surface area contributed by atoms with Gasteiger partial charge in [-0.25, -0.2) is 13.8 Å². The lowest BCUT2D eigenvalue weighted by Gasteiger charge is -2.09. The number of nitrogens with zero attached hydrogens (tertiary/aromatic N) is 2. The number of aryl methyl sites for hydroxylation is 1. The van der Waals surface area contributed by atoms with Crippen LogP contribution in [-0.2, 0) is 10.0 Å². The van der Waals surface area contributed by atoms with Crippen molar-refractivity contribution in [1.29, 1.82) is 0 Å². The minimum absolute atomic E-state index is 0.0328. The number of sulfonamides is 1. The Bertz CT molecular complexity index is 1340. The van der Waals surface area contributed by atoms with E-state index in [1.165, 1.54) is 42.5 Å². The Kier molecular flexibility index (Phi) is 7.24. The van der Waals surface area contributed by atoms with E-state index < -0.39 is 20.9 Å². The fraction of sp³-hybridized carbons (Fsp3) is 0.0909. The maximum absolute atomic E-state index is 12.5. The monoisotopic (exact) mass is 530 g/mol.